The highest BCUT2D eigenvalue weighted by Gasteiger charge is 2.05. The van der Waals surface area contributed by atoms with Gasteiger partial charge in [0.05, 0.1) is 0 Å². The molecule has 0 aliphatic rings. The predicted molar refractivity (Wildman–Crippen MR) is 38.8 cm³/mol. The maximum atomic E-state index is 9.69. The molecule has 0 aromatic rings. The van der Waals surface area contributed by atoms with E-state index in [-0.39, 0.29) is 6.16 Å². The molecule has 11 heavy (non-hydrogen) atoms. The van der Waals surface area contributed by atoms with Crippen molar-refractivity contribution in [3.05, 3.63) is 0 Å². The van der Waals surface area contributed by atoms with Crippen molar-refractivity contribution in [2.75, 3.05) is 6.16 Å². The molecule has 9 heteroatoms. The molecular weight excluding hydrogens is 196 g/mol. The molecule has 0 aromatic carbocycles. The standard InChI is InChI=1S/C2H7O3P.H4NO3P/c1-2-6(3,4)5;1-5(2,3)4/h2H2,1H3,(H2,3,4,5);(H4,1,2,3,4). The molecule has 0 aromatic heterocycles. The molecule has 0 radical (unpaired) electrons. The minimum absolute atomic E-state index is 0.0625. The fourth-order valence-corrected chi connectivity index (χ4v) is 0. The van der Waals surface area contributed by atoms with Crippen LogP contribution in [0.25, 0.3) is 0 Å². The van der Waals surface area contributed by atoms with E-state index in [1.165, 1.54) is 6.92 Å². The number of hydrogen-bond donors (Lipinski definition) is 5. The Morgan fingerprint density at radius 3 is 1.27 bits per heavy atom. The minimum Gasteiger partial charge on any atom is -0.324 e. The summed E-state index contributed by atoms with van der Waals surface area (Å²) in [5.74, 6) is 0. The highest BCUT2D eigenvalue weighted by Crippen LogP contribution is 2.32. The van der Waals surface area contributed by atoms with E-state index in [0.717, 1.165) is 0 Å². The van der Waals surface area contributed by atoms with Crippen LogP contribution >= 0.6 is 15.3 Å². The second kappa shape index (κ2) is 5.00. The molecule has 0 heterocycles. The van der Waals surface area contributed by atoms with Crippen LogP contribution in [-0.2, 0) is 9.13 Å². The highest BCUT2D eigenvalue weighted by atomic mass is 31.2. The van der Waals surface area contributed by atoms with Gasteiger partial charge in [0.25, 0.3) is 0 Å². The van der Waals surface area contributed by atoms with Gasteiger partial charge in [0.15, 0.2) is 0 Å². The molecule has 0 atom stereocenters. The summed E-state index contributed by atoms with van der Waals surface area (Å²) in [6.07, 6.45) is -0.0625. The molecule has 0 saturated heterocycles. The van der Waals surface area contributed by atoms with Crippen LogP contribution < -0.4 is 5.50 Å². The molecule has 0 saturated carbocycles. The zero-order valence-corrected chi connectivity index (χ0v) is 7.57. The number of nitrogens with two attached hydrogens (primary N) is 1. The molecule has 0 spiro atoms. The fourth-order valence-electron chi connectivity index (χ4n) is 0. The van der Waals surface area contributed by atoms with E-state index in [1.807, 2.05) is 0 Å². The van der Waals surface area contributed by atoms with E-state index in [9.17, 15) is 4.57 Å². The summed E-state index contributed by atoms with van der Waals surface area (Å²) >= 11 is 0. The third kappa shape index (κ3) is 65.9. The van der Waals surface area contributed by atoms with Crippen molar-refractivity contribution >= 4 is 15.3 Å². The highest BCUT2D eigenvalue weighted by molar-refractivity contribution is 7.51. The van der Waals surface area contributed by atoms with Gasteiger partial charge in [-0.3, -0.25) is 4.57 Å². The topological polar surface area (TPSA) is 141 Å². The van der Waals surface area contributed by atoms with Crippen molar-refractivity contribution in [1.29, 1.82) is 0 Å². The van der Waals surface area contributed by atoms with Crippen LogP contribution in [0.15, 0.2) is 0 Å². The van der Waals surface area contributed by atoms with E-state index in [1.54, 1.807) is 0 Å². The Morgan fingerprint density at radius 2 is 1.27 bits per heavy atom. The molecule has 0 unspecified atom stereocenters. The Labute approximate surface area is 63.6 Å². The summed E-state index contributed by atoms with van der Waals surface area (Å²) in [5, 5.41) is 0. The first kappa shape index (κ1) is 13.8. The van der Waals surface area contributed by atoms with Crippen LogP contribution in [0.4, 0.5) is 0 Å². The van der Waals surface area contributed by atoms with E-state index < -0.39 is 15.3 Å². The summed E-state index contributed by atoms with van der Waals surface area (Å²) in [7, 11) is -7.79. The van der Waals surface area contributed by atoms with Gasteiger partial charge in [-0.05, 0) is 0 Å². The van der Waals surface area contributed by atoms with Crippen molar-refractivity contribution in [2.24, 2.45) is 5.50 Å². The molecule has 0 bridgehead atoms. The van der Waals surface area contributed by atoms with Gasteiger partial charge in [-0.15, -0.1) is 0 Å². The first-order chi connectivity index (χ1) is 4.56. The predicted octanol–water partition coefficient (Wildman–Crippen LogP) is -0.778. The lowest BCUT2D eigenvalue weighted by Crippen LogP contribution is -1.87. The Balaban J connectivity index is 0. The molecule has 0 aliphatic heterocycles. The first-order valence-corrected chi connectivity index (χ1v) is 5.93. The van der Waals surface area contributed by atoms with Gasteiger partial charge in [0, 0.05) is 6.16 Å². The second-order valence-electron chi connectivity index (χ2n) is 1.57. The van der Waals surface area contributed by atoms with Crippen molar-refractivity contribution in [2.45, 2.75) is 6.92 Å². The molecule has 6 N–H and O–H groups in total. The molecule has 70 valence electrons. The fraction of sp³-hybridized carbons (Fsp3) is 1.00. The van der Waals surface area contributed by atoms with Crippen LogP contribution in [0.5, 0.6) is 0 Å². The van der Waals surface area contributed by atoms with E-state index in [2.05, 4.69) is 5.50 Å². The van der Waals surface area contributed by atoms with Gasteiger partial charge >= 0.3 is 15.3 Å². The van der Waals surface area contributed by atoms with Gasteiger partial charge < -0.3 is 19.6 Å². The second-order valence-corrected chi connectivity index (χ2v) is 4.71. The van der Waals surface area contributed by atoms with Crippen molar-refractivity contribution < 1.29 is 28.7 Å². The molecular formula is C2H11NO6P2. The van der Waals surface area contributed by atoms with Gasteiger partial charge in [0.2, 0.25) is 0 Å². The zero-order valence-electron chi connectivity index (χ0n) is 5.78. The maximum Gasteiger partial charge on any atom is 0.397 e. The lowest BCUT2D eigenvalue weighted by atomic mass is 11.0. The normalized spacial score (nSPS) is 11.8. The van der Waals surface area contributed by atoms with Gasteiger partial charge in [-0.25, -0.2) is 10.1 Å². The van der Waals surface area contributed by atoms with E-state index >= 15 is 0 Å². The Kier molecular flexibility index (Phi) is 6.29. The van der Waals surface area contributed by atoms with Gasteiger partial charge in [-0.2, -0.15) is 0 Å². The summed E-state index contributed by atoms with van der Waals surface area (Å²) in [5.41, 5.74) is 4.02. The molecule has 0 fully saturated rings. The first-order valence-electron chi connectivity index (χ1n) is 2.45. The third-order valence-corrected chi connectivity index (χ3v) is 1.24. The minimum atomic E-state index is -4.14. The molecule has 0 aliphatic carbocycles. The zero-order chi connectivity index (χ0) is 9.71. The average Bonchev–Trinajstić information content (AvgIpc) is 1.59. The Hall–Kier alpha value is 0.260. The van der Waals surface area contributed by atoms with Crippen molar-refractivity contribution in [3.8, 4) is 0 Å². The number of rotatable bonds is 1. The smallest absolute Gasteiger partial charge is 0.324 e. The van der Waals surface area contributed by atoms with E-state index in [0.29, 0.717) is 0 Å². The Morgan fingerprint density at radius 1 is 1.18 bits per heavy atom. The monoisotopic (exact) mass is 207 g/mol. The molecule has 0 amide bonds. The van der Waals surface area contributed by atoms with Gasteiger partial charge in [-0.1, -0.05) is 6.92 Å². The summed E-state index contributed by atoms with van der Waals surface area (Å²) in [6.45, 7) is 1.45. The third-order valence-electron chi connectivity index (χ3n) is 0.412. The van der Waals surface area contributed by atoms with Crippen molar-refractivity contribution in [3.63, 3.8) is 0 Å². The van der Waals surface area contributed by atoms with Crippen LogP contribution in [0, 0.1) is 0 Å². The largest absolute Gasteiger partial charge is 0.397 e. The van der Waals surface area contributed by atoms with Crippen LogP contribution in [0.1, 0.15) is 6.92 Å². The van der Waals surface area contributed by atoms with E-state index in [4.69, 9.17) is 24.1 Å². The van der Waals surface area contributed by atoms with Crippen LogP contribution in [-0.4, -0.2) is 25.7 Å². The molecule has 0 rings (SSSR count). The average molecular weight is 207 g/mol. The maximum absolute atomic E-state index is 9.69. The summed E-state index contributed by atoms with van der Waals surface area (Å²) in [6, 6.07) is 0. The molecule has 7 nitrogen and oxygen atoms in total. The van der Waals surface area contributed by atoms with Crippen LogP contribution in [0.2, 0.25) is 0 Å². The van der Waals surface area contributed by atoms with Crippen molar-refractivity contribution in [1.82, 2.24) is 0 Å². The lowest BCUT2D eigenvalue weighted by Gasteiger charge is -1.92. The summed E-state index contributed by atoms with van der Waals surface area (Å²) < 4.78 is 18.8. The quantitative estimate of drug-likeness (QED) is 0.355. The number of hydrogen-bond acceptors (Lipinski definition) is 2. The van der Waals surface area contributed by atoms with Crippen LogP contribution in [0.3, 0.4) is 0 Å². The SMILES string of the molecule is CCP(=O)(O)O.NP(=O)(O)O. The summed E-state index contributed by atoms with van der Waals surface area (Å²) in [4.78, 5) is 30.7. The Bertz CT molecular complexity index is 171. The lowest BCUT2D eigenvalue weighted by molar-refractivity contribution is 0.372. The van der Waals surface area contributed by atoms with Gasteiger partial charge in [0.1, 0.15) is 0 Å².